The van der Waals surface area contributed by atoms with Crippen LogP contribution in [0.1, 0.15) is 25.0 Å². The topological polar surface area (TPSA) is 43.8 Å². The first-order valence-electron chi connectivity index (χ1n) is 6.23. The lowest BCUT2D eigenvalue weighted by Crippen LogP contribution is -2.24. The molecule has 0 bridgehead atoms. The van der Waals surface area contributed by atoms with Crippen LogP contribution in [0.5, 0.6) is 0 Å². The Morgan fingerprint density at radius 2 is 2.06 bits per heavy atom. The quantitative estimate of drug-likeness (QED) is 0.883. The van der Waals surface area contributed by atoms with Gasteiger partial charge in [0.05, 0.1) is 11.4 Å². The minimum Gasteiger partial charge on any atom is -0.328 e. The van der Waals surface area contributed by atoms with Gasteiger partial charge in [0.15, 0.2) is 5.67 Å². The molecule has 94 valence electrons. The summed E-state index contributed by atoms with van der Waals surface area (Å²) in [5.41, 5.74) is 5.99. The van der Waals surface area contributed by atoms with E-state index < -0.39 is 5.67 Å². The fourth-order valence-electron chi connectivity index (χ4n) is 2.68. The molecule has 1 aliphatic carbocycles. The van der Waals surface area contributed by atoms with Gasteiger partial charge in [0.2, 0.25) is 0 Å². The minimum absolute atomic E-state index is 0.0471. The molecule has 18 heavy (non-hydrogen) atoms. The molecule has 0 radical (unpaired) electrons. The molecular weight excluding hydrogens is 229 g/mol. The fourth-order valence-corrected chi connectivity index (χ4v) is 2.68. The van der Waals surface area contributed by atoms with E-state index in [1.54, 1.807) is 16.9 Å². The molecule has 4 heteroatoms. The molecule has 2 aromatic rings. The highest BCUT2D eigenvalue weighted by Crippen LogP contribution is 2.42. The van der Waals surface area contributed by atoms with Crippen LogP contribution in [0.3, 0.4) is 0 Å². The monoisotopic (exact) mass is 245 g/mol. The number of rotatable bonds is 2. The Hall–Kier alpha value is -1.68. The number of para-hydroxylation sites is 1. The average Bonchev–Trinajstić information content (AvgIpc) is 2.98. The number of hydrogen-bond donors (Lipinski definition) is 1. The van der Waals surface area contributed by atoms with Gasteiger partial charge < -0.3 is 5.73 Å². The molecule has 1 saturated carbocycles. The lowest BCUT2D eigenvalue weighted by molar-refractivity contribution is 0.162. The molecule has 1 aromatic heterocycles. The first-order chi connectivity index (χ1) is 8.69. The molecule has 1 aliphatic rings. The molecule has 2 unspecified atom stereocenters. The van der Waals surface area contributed by atoms with Gasteiger partial charge >= 0.3 is 0 Å². The summed E-state index contributed by atoms with van der Waals surface area (Å²) in [7, 11) is 0. The van der Waals surface area contributed by atoms with Crippen molar-refractivity contribution in [3.63, 3.8) is 0 Å². The zero-order valence-electron chi connectivity index (χ0n) is 10.1. The van der Waals surface area contributed by atoms with Crippen molar-refractivity contribution in [2.75, 3.05) is 0 Å². The third kappa shape index (κ3) is 1.82. The van der Waals surface area contributed by atoms with Crippen LogP contribution in [0.15, 0.2) is 42.6 Å². The first kappa shape index (κ1) is 11.4. The Morgan fingerprint density at radius 1 is 1.28 bits per heavy atom. The number of halogens is 1. The van der Waals surface area contributed by atoms with E-state index in [9.17, 15) is 4.39 Å². The van der Waals surface area contributed by atoms with Gasteiger partial charge in [-0.25, -0.2) is 9.07 Å². The highest BCUT2D eigenvalue weighted by Gasteiger charge is 2.42. The molecule has 1 aromatic carbocycles. The van der Waals surface area contributed by atoms with Crippen molar-refractivity contribution >= 4 is 0 Å². The zero-order chi connectivity index (χ0) is 12.6. The SMILES string of the molecule is NC1CCC(F)(c2ccnn2-c2ccccc2)C1. The van der Waals surface area contributed by atoms with Crippen LogP contribution < -0.4 is 5.73 Å². The van der Waals surface area contributed by atoms with Crippen LogP contribution in [0.2, 0.25) is 0 Å². The van der Waals surface area contributed by atoms with Crippen molar-refractivity contribution in [1.82, 2.24) is 9.78 Å². The highest BCUT2D eigenvalue weighted by atomic mass is 19.1. The lowest BCUT2D eigenvalue weighted by Gasteiger charge is -2.20. The molecule has 3 rings (SSSR count). The number of alkyl halides is 1. The maximum atomic E-state index is 14.9. The van der Waals surface area contributed by atoms with E-state index in [1.165, 1.54) is 0 Å². The standard InChI is InChI=1S/C14H16FN3/c15-14(8-6-11(16)10-14)13-7-9-17-18(13)12-4-2-1-3-5-12/h1-5,7,9,11H,6,8,10,16H2. The van der Waals surface area contributed by atoms with Crippen LogP contribution in [-0.2, 0) is 5.67 Å². The van der Waals surface area contributed by atoms with Crippen LogP contribution in [-0.4, -0.2) is 15.8 Å². The Bertz CT molecular complexity index is 537. The maximum absolute atomic E-state index is 14.9. The molecule has 2 atom stereocenters. The van der Waals surface area contributed by atoms with E-state index in [2.05, 4.69) is 5.10 Å². The van der Waals surface area contributed by atoms with Gasteiger partial charge in [-0.1, -0.05) is 18.2 Å². The number of benzene rings is 1. The van der Waals surface area contributed by atoms with E-state index in [4.69, 9.17) is 5.73 Å². The summed E-state index contributed by atoms with van der Waals surface area (Å²) in [6.07, 6.45) is 3.24. The predicted octanol–water partition coefficient (Wildman–Crippen LogP) is 2.55. The molecular formula is C14H16FN3. The number of aromatic nitrogens is 2. The lowest BCUT2D eigenvalue weighted by atomic mass is 9.99. The van der Waals surface area contributed by atoms with Crippen molar-refractivity contribution in [3.05, 3.63) is 48.3 Å². The summed E-state index contributed by atoms with van der Waals surface area (Å²) >= 11 is 0. The van der Waals surface area contributed by atoms with Crippen LogP contribution in [0, 0.1) is 0 Å². The Labute approximate surface area is 105 Å². The Morgan fingerprint density at radius 3 is 2.72 bits per heavy atom. The molecule has 2 N–H and O–H groups in total. The Balaban J connectivity index is 2.02. The van der Waals surface area contributed by atoms with Gasteiger partial charge in [-0.2, -0.15) is 5.10 Å². The van der Waals surface area contributed by atoms with E-state index in [1.807, 2.05) is 30.3 Å². The third-order valence-corrected chi connectivity index (χ3v) is 3.60. The number of nitrogens with two attached hydrogens (primary N) is 1. The fraction of sp³-hybridized carbons (Fsp3) is 0.357. The van der Waals surface area contributed by atoms with Crippen LogP contribution in [0.4, 0.5) is 4.39 Å². The molecule has 1 fully saturated rings. The molecule has 0 amide bonds. The predicted molar refractivity (Wildman–Crippen MR) is 68.2 cm³/mol. The molecule has 0 saturated heterocycles. The molecule has 3 nitrogen and oxygen atoms in total. The zero-order valence-corrected chi connectivity index (χ0v) is 10.1. The summed E-state index contributed by atoms with van der Waals surface area (Å²) < 4.78 is 16.6. The summed E-state index contributed by atoms with van der Waals surface area (Å²) in [4.78, 5) is 0. The smallest absolute Gasteiger partial charge is 0.154 e. The van der Waals surface area contributed by atoms with E-state index in [-0.39, 0.29) is 6.04 Å². The summed E-state index contributed by atoms with van der Waals surface area (Å²) in [6.45, 7) is 0. The third-order valence-electron chi connectivity index (χ3n) is 3.60. The van der Waals surface area contributed by atoms with Crippen LogP contribution in [0.25, 0.3) is 5.69 Å². The Kier molecular flexibility index (Phi) is 2.67. The molecule has 0 aliphatic heterocycles. The number of nitrogens with zero attached hydrogens (tertiary/aromatic N) is 2. The van der Waals surface area contributed by atoms with Crippen molar-refractivity contribution in [3.8, 4) is 5.69 Å². The maximum Gasteiger partial charge on any atom is 0.154 e. The average molecular weight is 245 g/mol. The first-order valence-corrected chi connectivity index (χ1v) is 6.23. The van der Waals surface area contributed by atoms with Crippen molar-refractivity contribution in [2.24, 2.45) is 5.73 Å². The minimum atomic E-state index is -1.34. The van der Waals surface area contributed by atoms with Gasteiger partial charge in [-0.3, -0.25) is 0 Å². The van der Waals surface area contributed by atoms with E-state index in [0.717, 1.165) is 12.1 Å². The molecule has 0 spiro atoms. The second-order valence-corrected chi connectivity index (χ2v) is 4.93. The molecule has 1 heterocycles. The van der Waals surface area contributed by atoms with Gasteiger partial charge in [0, 0.05) is 18.7 Å². The van der Waals surface area contributed by atoms with Crippen molar-refractivity contribution < 1.29 is 4.39 Å². The second kappa shape index (κ2) is 4.21. The van der Waals surface area contributed by atoms with Gasteiger partial charge in [-0.05, 0) is 31.0 Å². The second-order valence-electron chi connectivity index (χ2n) is 4.93. The van der Waals surface area contributed by atoms with Gasteiger partial charge in [0.1, 0.15) is 0 Å². The highest BCUT2D eigenvalue weighted by molar-refractivity contribution is 5.34. The summed E-state index contributed by atoms with van der Waals surface area (Å²) in [5.74, 6) is 0. The number of hydrogen-bond acceptors (Lipinski definition) is 2. The largest absolute Gasteiger partial charge is 0.328 e. The summed E-state index contributed by atoms with van der Waals surface area (Å²) in [5, 5.41) is 4.24. The normalized spacial score (nSPS) is 27.6. The van der Waals surface area contributed by atoms with Crippen molar-refractivity contribution in [1.29, 1.82) is 0 Å². The van der Waals surface area contributed by atoms with Gasteiger partial charge in [-0.15, -0.1) is 0 Å². The van der Waals surface area contributed by atoms with E-state index >= 15 is 0 Å². The van der Waals surface area contributed by atoms with Crippen LogP contribution >= 0.6 is 0 Å². The summed E-state index contributed by atoms with van der Waals surface area (Å²) in [6, 6.07) is 11.3. The van der Waals surface area contributed by atoms with Crippen molar-refractivity contribution in [2.45, 2.75) is 31.0 Å². The van der Waals surface area contributed by atoms with Gasteiger partial charge in [0.25, 0.3) is 0 Å². The van der Waals surface area contributed by atoms with E-state index in [0.29, 0.717) is 18.5 Å².